The second kappa shape index (κ2) is 5.95. The van der Waals surface area contributed by atoms with Gasteiger partial charge in [0.2, 0.25) is 0 Å². The molecule has 0 aliphatic carbocycles. The smallest absolute Gasteiger partial charge is 0.189 e. The minimum absolute atomic E-state index is 0.408. The second-order valence-electron chi connectivity index (χ2n) is 3.78. The van der Waals surface area contributed by atoms with Crippen molar-refractivity contribution < 1.29 is 0 Å². The third kappa shape index (κ3) is 3.70. The molecule has 0 amide bonds. The maximum Gasteiger partial charge on any atom is 0.189 e. The van der Waals surface area contributed by atoms with Gasteiger partial charge in [-0.05, 0) is 26.5 Å². The average Bonchev–Trinajstić information content (AvgIpc) is 2.20. The van der Waals surface area contributed by atoms with E-state index in [9.17, 15) is 0 Å². The predicted molar refractivity (Wildman–Crippen MR) is 66.6 cm³/mol. The molecular formula is C11H19N3S. The van der Waals surface area contributed by atoms with Gasteiger partial charge >= 0.3 is 0 Å². The van der Waals surface area contributed by atoms with E-state index in [-0.39, 0.29) is 0 Å². The number of aryl methyl sites for hydroxylation is 1. The summed E-state index contributed by atoms with van der Waals surface area (Å²) in [7, 11) is 0. The number of anilines is 1. The Hall–Kier alpha value is -0.770. The lowest BCUT2D eigenvalue weighted by Gasteiger charge is -2.13. The maximum atomic E-state index is 4.49. The SMILES string of the molecule is CCCc1cnc(SC)nc1NC(C)C. The molecule has 1 rings (SSSR count). The van der Waals surface area contributed by atoms with E-state index >= 15 is 0 Å². The molecule has 0 saturated heterocycles. The Labute approximate surface area is 96.1 Å². The Balaban J connectivity index is 2.93. The van der Waals surface area contributed by atoms with Gasteiger partial charge in [-0.15, -0.1) is 0 Å². The van der Waals surface area contributed by atoms with Crippen LogP contribution < -0.4 is 5.32 Å². The molecule has 1 N–H and O–H groups in total. The van der Waals surface area contributed by atoms with Gasteiger partial charge in [0.05, 0.1) is 0 Å². The quantitative estimate of drug-likeness (QED) is 0.617. The molecular weight excluding hydrogens is 206 g/mol. The van der Waals surface area contributed by atoms with E-state index in [0.29, 0.717) is 6.04 Å². The summed E-state index contributed by atoms with van der Waals surface area (Å²) in [4.78, 5) is 8.79. The fourth-order valence-electron chi connectivity index (χ4n) is 1.34. The Kier molecular flexibility index (Phi) is 4.88. The average molecular weight is 225 g/mol. The number of hydrogen-bond donors (Lipinski definition) is 1. The molecule has 0 aliphatic rings. The van der Waals surface area contributed by atoms with E-state index in [1.54, 1.807) is 11.8 Å². The highest BCUT2D eigenvalue weighted by atomic mass is 32.2. The highest BCUT2D eigenvalue weighted by molar-refractivity contribution is 7.98. The van der Waals surface area contributed by atoms with Crippen LogP contribution in [0.1, 0.15) is 32.8 Å². The van der Waals surface area contributed by atoms with Crippen LogP contribution in [-0.4, -0.2) is 22.3 Å². The monoisotopic (exact) mass is 225 g/mol. The number of nitrogens with zero attached hydrogens (tertiary/aromatic N) is 2. The first-order valence-corrected chi connectivity index (χ1v) is 6.56. The van der Waals surface area contributed by atoms with Crippen molar-refractivity contribution in [3.8, 4) is 0 Å². The van der Waals surface area contributed by atoms with Gasteiger partial charge < -0.3 is 5.32 Å². The molecule has 4 heteroatoms. The molecule has 3 nitrogen and oxygen atoms in total. The fraction of sp³-hybridized carbons (Fsp3) is 0.636. The lowest BCUT2D eigenvalue weighted by molar-refractivity contribution is 0.830. The number of aromatic nitrogens is 2. The van der Waals surface area contributed by atoms with Crippen LogP contribution >= 0.6 is 11.8 Å². The first-order valence-electron chi connectivity index (χ1n) is 5.33. The molecule has 0 spiro atoms. The molecule has 0 aliphatic heterocycles. The topological polar surface area (TPSA) is 37.8 Å². The van der Waals surface area contributed by atoms with Crippen molar-refractivity contribution in [3.05, 3.63) is 11.8 Å². The summed E-state index contributed by atoms with van der Waals surface area (Å²) in [5.41, 5.74) is 1.21. The molecule has 0 unspecified atom stereocenters. The highest BCUT2D eigenvalue weighted by Crippen LogP contribution is 2.18. The Morgan fingerprint density at radius 3 is 2.73 bits per heavy atom. The van der Waals surface area contributed by atoms with Crippen LogP contribution in [0.25, 0.3) is 0 Å². The highest BCUT2D eigenvalue weighted by Gasteiger charge is 2.06. The van der Waals surface area contributed by atoms with Crippen LogP contribution in [0.3, 0.4) is 0 Å². The first kappa shape index (κ1) is 12.3. The summed E-state index contributed by atoms with van der Waals surface area (Å²) < 4.78 is 0. The molecule has 15 heavy (non-hydrogen) atoms. The molecule has 1 aromatic heterocycles. The summed E-state index contributed by atoms with van der Waals surface area (Å²) in [6.45, 7) is 6.41. The second-order valence-corrected chi connectivity index (χ2v) is 4.55. The summed E-state index contributed by atoms with van der Waals surface area (Å²) in [6.07, 6.45) is 6.08. The summed E-state index contributed by atoms with van der Waals surface area (Å²) in [6, 6.07) is 0.408. The van der Waals surface area contributed by atoms with E-state index in [0.717, 1.165) is 23.8 Å². The molecule has 0 fully saturated rings. The van der Waals surface area contributed by atoms with E-state index in [2.05, 4.69) is 36.1 Å². The number of nitrogens with one attached hydrogen (secondary N) is 1. The van der Waals surface area contributed by atoms with E-state index in [1.807, 2.05) is 12.5 Å². The first-order chi connectivity index (χ1) is 7.17. The van der Waals surface area contributed by atoms with Crippen molar-refractivity contribution in [2.24, 2.45) is 0 Å². The largest absolute Gasteiger partial charge is 0.368 e. The Bertz CT molecular complexity index is 313. The van der Waals surface area contributed by atoms with Gasteiger partial charge in [0, 0.05) is 17.8 Å². The van der Waals surface area contributed by atoms with Gasteiger partial charge in [-0.1, -0.05) is 25.1 Å². The zero-order valence-corrected chi connectivity index (χ0v) is 10.7. The summed E-state index contributed by atoms with van der Waals surface area (Å²) in [5.74, 6) is 0.992. The van der Waals surface area contributed by atoms with Crippen molar-refractivity contribution in [3.63, 3.8) is 0 Å². The zero-order chi connectivity index (χ0) is 11.3. The normalized spacial score (nSPS) is 10.7. The van der Waals surface area contributed by atoms with E-state index in [1.165, 1.54) is 5.56 Å². The number of rotatable bonds is 5. The van der Waals surface area contributed by atoms with Gasteiger partial charge in [0.15, 0.2) is 5.16 Å². The Morgan fingerprint density at radius 2 is 2.20 bits per heavy atom. The molecule has 0 radical (unpaired) electrons. The van der Waals surface area contributed by atoms with Gasteiger partial charge in [-0.25, -0.2) is 9.97 Å². The van der Waals surface area contributed by atoms with Crippen molar-refractivity contribution in [2.75, 3.05) is 11.6 Å². The van der Waals surface area contributed by atoms with Crippen LogP contribution in [0.15, 0.2) is 11.4 Å². The van der Waals surface area contributed by atoms with Crippen LogP contribution in [0.5, 0.6) is 0 Å². The fourth-order valence-corrected chi connectivity index (χ4v) is 1.68. The number of thioether (sulfide) groups is 1. The Morgan fingerprint density at radius 1 is 1.47 bits per heavy atom. The van der Waals surface area contributed by atoms with Crippen LogP contribution in [0.4, 0.5) is 5.82 Å². The number of hydrogen-bond acceptors (Lipinski definition) is 4. The van der Waals surface area contributed by atoms with Crippen molar-refractivity contribution in [1.82, 2.24) is 9.97 Å². The van der Waals surface area contributed by atoms with Crippen molar-refractivity contribution in [2.45, 2.75) is 44.8 Å². The van der Waals surface area contributed by atoms with Crippen LogP contribution in [0, 0.1) is 0 Å². The van der Waals surface area contributed by atoms with Crippen molar-refractivity contribution in [1.29, 1.82) is 0 Å². The van der Waals surface area contributed by atoms with Crippen LogP contribution in [0.2, 0.25) is 0 Å². The molecule has 0 aromatic carbocycles. The summed E-state index contributed by atoms with van der Waals surface area (Å²) >= 11 is 1.57. The van der Waals surface area contributed by atoms with Gasteiger partial charge in [-0.3, -0.25) is 0 Å². The van der Waals surface area contributed by atoms with Gasteiger partial charge in [0.1, 0.15) is 5.82 Å². The van der Waals surface area contributed by atoms with Crippen molar-refractivity contribution >= 4 is 17.6 Å². The standard InChI is InChI=1S/C11H19N3S/c1-5-6-9-7-12-11(15-4)14-10(9)13-8(2)3/h7-8H,5-6H2,1-4H3,(H,12,13,14). The lowest BCUT2D eigenvalue weighted by atomic mass is 10.2. The molecule has 0 saturated carbocycles. The minimum Gasteiger partial charge on any atom is -0.368 e. The molecule has 0 atom stereocenters. The third-order valence-electron chi connectivity index (χ3n) is 1.97. The molecule has 84 valence electrons. The third-order valence-corrected chi connectivity index (χ3v) is 2.53. The lowest BCUT2D eigenvalue weighted by Crippen LogP contribution is -2.13. The predicted octanol–water partition coefficient (Wildman–Crippen LogP) is 2.97. The molecule has 1 heterocycles. The molecule has 1 aromatic rings. The maximum absolute atomic E-state index is 4.49. The van der Waals surface area contributed by atoms with E-state index < -0.39 is 0 Å². The van der Waals surface area contributed by atoms with E-state index in [4.69, 9.17) is 0 Å². The minimum atomic E-state index is 0.408. The summed E-state index contributed by atoms with van der Waals surface area (Å²) in [5, 5.41) is 4.20. The van der Waals surface area contributed by atoms with Gasteiger partial charge in [0.25, 0.3) is 0 Å². The van der Waals surface area contributed by atoms with Gasteiger partial charge in [-0.2, -0.15) is 0 Å². The zero-order valence-electron chi connectivity index (χ0n) is 9.87. The molecule has 0 bridgehead atoms. The van der Waals surface area contributed by atoms with Crippen LogP contribution in [-0.2, 0) is 6.42 Å².